The minimum absolute atomic E-state index is 0.452. The predicted molar refractivity (Wildman–Crippen MR) is 65.9 cm³/mol. The Kier molecular flexibility index (Phi) is 3.22. The molecule has 2 heteroatoms. The van der Waals surface area contributed by atoms with Gasteiger partial charge in [0.25, 0.3) is 0 Å². The van der Waals surface area contributed by atoms with Crippen molar-refractivity contribution in [1.29, 1.82) is 0 Å². The first-order chi connectivity index (χ1) is 6.57. The molecule has 0 saturated heterocycles. The zero-order valence-corrected chi connectivity index (χ0v) is 12.0. The third kappa shape index (κ3) is 2.32. The molecule has 0 radical (unpaired) electrons. The van der Waals surface area contributed by atoms with E-state index in [1.165, 1.54) is 32.1 Å². The Morgan fingerprint density at radius 3 is 2.50 bits per heavy atom. The third-order valence-electron chi connectivity index (χ3n) is 2.74. The van der Waals surface area contributed by atoms with Gasteiger partial charge in [0, 0.05) is 0 Å². The van der Waals surface area contributed by atoms with E-state index in [1.807, 2.05) is 13.9 Å². The van der Waals surface area contributed by atoms with Crippen molar-refractivity contribution >= 4 is 22.7 Å². The van der Waals surface area contributed by atoms with E-state index in [-0.39, 0.29) is 0 Å². The van der Waals surface area contributed by atoms with Gasteiger partial charge in [0.15, 0.2) is 0 Å². The summed E-state index contributed by atoms with van der Waals surface area (Å²) in [5.74, 6) is 0. The summed E-state index contributed by atoms with van der Waals surface area (Å²) in [6.07, 6.45) is 7.18. The second-order valence-electron chi connectivity index (χ2n) is 5.20. The summed E-state index contributed by atoms with van der Waals surface area (Å²) in [5.41, 5.74) is 0.452. The fourth-order valence-corrected chi connectivity index (χ4v) is 7.17. The molecule has 1 aliphatic carbocycles. The number of hydrogen-bond acceptors (Lipinski definition) is 0. The van der Waals surface area contributed by atoms with Gasteiger partial charge in [-0.05, 0) is 0 Å². The second kappa shape index (κ2) is 4.12. The molecule has 0 saturated carbocycles. The molecule has 1 heterocycles. The topological polar surface area (TPSA) is 0 Å². The summed E-state index contributed by atoms with van der Waals surface area (Å²) >= 11 is 0.736. The molecule has 0 nitrogen and oxygen atoms in total. The fourth-order valence-electron chi connectivity index (χ4n) is 1.85. The van der Waals surface area contributed by atoms with Gasteiger partial charge in [-0.2, -0.15) is 0 Å². The van der Waals surface area contributed by atoms with Gasteiger partial charge >= 0.3 is 94.9 Å². The van der Waals surface area contributed by atoms with Gasteiger partial charge in [0.1, 0.15) is 0 Å². The summed E-state index contributed by atoms with van der Waals surface area (Å²) in [4.78, 5) is 0. The van der Waals surface area contributed by atoms with Gasteiger partial charge < -0.3 is 0 Å². The molecular formula is C12H19PSe. The van der Waals surface area contributed by atoms with Crippen LogP contribution in [0, 0.1) is 0 Å². The van der Waals surface area contributed by atoms with Crippen LogP contribution in [0.4, 0.5) is 0 Å². The quantitative estimate of drug-likeness (QED) is 0.497. The summed E-state index contributed by atoms with van der Waals surface area (Å²) in [6, 6.07) is 0. The Balaban J connectivity index is 2.31. The van der Waals surface area contributed by atoms with Crippen LogP contribution in [0.3, 0.4) is 0 Å². The molecule has 0 bridgehead atoms. The second-order valence-corrected chi connectivity index (χ2v) is 9.41. The molecule has 0 amide bonds. The molecule has 0 spiro atoms. The average Bonchev–Trinajstić information content (AvgIpc) is 2.38. The minimum atomic E-state index is 0.452. The van der Waals surface area contributed by atoms with E-state index >= 15 is 0 Å². The first-order valence-corrected chi connectivity index (χ1v) is 8.17. The molecular weight excluding hydrogens is 254 g/mol. The summed E-state index contributed by atoms with van der Waals surface area (Å²) < 4.78 is 3.68. The summed E-state index contributed by atoms with van der Waals surface area (Å²) in [7, 11) is 1.62. The molecule has 78 valence electrons. The number of rotatable bonds is 0. The van der Waals surface area contributed by atoms with Crippen molar-refractivity contribution in [1.82, 2.24) is 0 Å². The van der Waals surface area contributed by atoms with Crippen LogP contribution in [0.15, 0.2) is 0 Å². The van der Waals surface area contributed by atoms with Gasteiger partial charge in [0.2, 0.25) is 0 Å². The Morgan fingerprint density at radius 1 is 1.07 bits per heavy atom. The maximum atomic E-state index is 2.38. The molecule has 14 heavy (non-hydrogen) atoms. The first-order valence-electron chi connectivity index (χ1n) is 5.56. The number of hydrogen-bond donors (Lipinski definition) is 0. The van der Waals surface area contributed by atoms with Crippen LogP contribution in [0.25, 0.3) is 0 Å². The standard InChI is InChI=1S/C12H19PSe/c1-12(2,3)11-13-9-7-5-4-6-8-10(9)14-11/h4-8H2,1-3H3. The van der Waals surface area contributed by atoms with Crippen LogP contribution in [-0.2, 0) is 18.3 Å². The van der Waals surface area contributed by atoms with E-state index < -0.39 is 0 Å². The normalized spacial score (nSPS) is 18.2. The van der Waals surface area contributed by atoms with Crippen LogP contribution < -0.4 is 0 Å². The van der Waals surface area contributed by atoms with E-state index in [0.29, 0.717) is 5.41 Å². The molecule has 0 atom stereocenters. The Bertz CT molecular complexity index is 296. The molecule has 0 unspecified atom stereocenters. The molecule has 0 fully saturated rings. The third-order valence-corrected chi connectivity index (χ3v) is 8.92. The van der Waals surface area contributed by atoms with E-state index in [9.17, 15) is 0 Å². The Labute approximate surface area is 95.0 Å². The Morgan fingerprint density at radius 2 is 1.79 bits per heavy atom. The van der Waals surface area contributed by atoms with Crippen molar-refractivity contribution in [3.05, 3.63) is 13.9 Å². The van der Waals surface area contributed by atoms with Gasteiger partial charge in [-0.1, -0.05) is 0 Å². The molecule has 2 rings (SSSR count). The monoisotopic (exact) mass is 274 g/mol. The Hall–Kier alpha value is 0.429. The molecule has 1 aliphatic rings. The van der Waals surface area contributed by atoms with Crippen LogP contribution in [0.1, 0.15) is 53.9 Å². The molecule has 1 aromatic rings. The van der Waals surface area contributed by atoms with E-state index in [4.69, 9.17) is 0 Å². The maximum absolute atomic E-state index is 2.38. The van der Waals surface area contributed by atoms with Crippen molar-refractivity contribution in [2.24, 2.45) is 0 Å². The van der Waals surface area contributed by atoms with Crippen molar-refractivity contribution in [3.8, 4) is 0 Å². The number of aryl methyl sites for hydroxylation is 2. The molecule has 1 aromatic heterocycles. The first kappa shape index (κ1) is 10.9. The van der Waals surface area contributed by atoms with Crippen molar-refractivity contribution in [3.63, 3.8) is 0 Å². The summed E-state index contributed by atoms with van der Waals surface area (Å²) in [5, 5.41) is 1.81. The van der Waals surface area contributed by atoms with Crippen LogP contribution in [-0.4, -0.2) is 14.5 Å². The molecule has 0 aromatic carbocycles. The van der Waals surface area contributed by atoms with Crippen LogP contribution in [0.2, 0.25) is 0 Å². The number of fused-ring (bicyclic) bond motifs is 1. The summed E-state index contributed by atoms with van der Waals surface area (Å²) in [6.45, 7) is 7.14. The molecule has 0 aliphatic heterocycles. The van der Waals surface area contributed by atoms with E-state index in [1.54, 1.807) is 8.19 Å². The van der Waals surface area contributed by atoms with E-state index in [2.05, 4.69) is 20.8 Å². The van der Waals surface area contributed by atoms with Gasteiger partial charge in [-0.25, -0.2) is 0 Å². The zero-order valence-electron chi connectivity index (χ0n) is 9.39. The van der Waals surface area contributed by atoms with Crippen molar-refractivity contribution in [2.45, 2.75) is 58.3 Å². The van der Waals surface area contributed by atoms with E-state index in [0.717, 1.165) is 14.5 Å². The van der Waals surface area contributed by atoms with Gasteiger partial charge in [0.05, 0.1) is 0 Å². The van der Waals surface area contributed by atoms with Crippen LogP contribution >= 0.6 is 8.19 Å². The SMILES string of the molecule is CC(C)(C)c1pc2c([se]1)CCCCC2. The van der Waals surface area contributed by atoms with Crippen molar-refractivity contribution in [2.75, 3.05) is 0 Å². The van der Waals surface area contributed by atoms with Gasteiger partial charge in [-0.15, -0.1) is 0 Å². The zero-order chi connectivity index (χ0) is 10.2. The van der Waals surface area contributed by atoms with Gasteiger partial charge in [-0.3, -0.25) is 0 Å². The fraction of sp³-hybridized carbons (Fsp3) is 0.750. The molecule has 0 N–H and O–H groups in total. The average molecular weight is 273 g/mol. The van der Waals surface area contributed by atoms with Crippen LogP contribution in [0.5, 0.6) is 0 Å². The van der Waals surface area contributed by atoms with Crippen molar-refractivity contribution < 1.29 is 0 Å². The predicted octanol–water partition coefficient (Wildman–Crippen LogP) is 3.89.